The highest BCUT2D eigenvalue weighted by Crippen LogP contribution is 2.21. The fourth-order valence-corrected chi connectivity index (χ4v) is 2.70. The summed E-state index contributed by atoms with van der Waals surface area (Å²) < 4.78 is 0. The minimum atomic E-state index is -0.411. The largest absolute Gasteiger partial charge is 0.393 e. The van der Waals surface area contributed by atoms with Crippen molar-refractivity contribution in [3.05, 3.63) is 65.7 Å². The Morgan fingerprint density at radius 2 is 1.71 bits per heavy atom. The number of amides is 1. The van der Waals surface area contributed by atoms with Gasteiger partial charge in [-0.3, -0.25) is 4.79 Å². The Morgan fingerprint density at radius 1 is 1.08 bits per heavy atom. The van der Waals surface area contributed by atoms with E-state index < -0.39 is 6.10 Å². The molecule has 1 amide bonds. The molecule has 0 saturated heterocycles. The summed E-state index contributed by atoms with van der Waals surface area (Å²) in [4.78, 5) is 14.4. The predicted molar refractivity (Wildman–Crippen MR) is 98.6 cm³/mol. The molecule has 24 heavy (non-hydrogen) atoms. The van der Waals surface area contributed by atoms with Crippen molar-refractivity contribution in [3.63, 3.8) is 0 Å². The molecule has 2 N–H and O–H groups in total. The highest BCUT2D eigenvalue weighted by atomic mass is 16.3. The van der Waals surface area contributed by atoms with Crippen molar-refractivity contribution in [3.8, 4) is 0 Å². The molecule has 0 heterocycles. The minimum Gasteiger partial charge on any atom is -0.393 e. The van der Waals surface area contributed by atoms with E-state index in [9.17, 15) is 9.90 Å². The van der Waals surface area contributed by atoms with Gasteiger partial charge >= 0.3 is 0 Å². The lowest BCUT2D eigenvalue weighted by Gasteiger charge is -2.20. The molecule has 0 aliphatic heterocycles. The van der Waals surface area contributed by atoms with Gasteiger partial charge in [0.2, 0.25) is 0 Å². The van der Waals surface area contributed by atoms with Gasteiger partial charge in [-0.15, -0.1) is 0 Å². The minimum absolute atomic E-state index is 0.0909. The van der Waals surface area contributed by atoms with Crippen molar-refractivity contribution in [2.24, 2.45) is 0 Å². The molecule has 0 bridgehead atoms. The SMILES string of the molecule is CC(O)CC(CNC(=O)c1ccc(N(C)C)cc1)c1ccccc1. The van der Waals surface area contributed by atoms with Crippen molar-refractivity contribution < 1.29 is 9.90 Å². The number of carbonyl (C=O) groups is 1. The monoisotopic (exact) mass is 326 g/mol. The molecular formula is C20H26N2O2. The van der Waals surface area contributed by atoms with Crippen LogP contribution in [0.4, 0.5) is 5.69 Å². The number of nitrogens with zero attached hydrogens (tertiary/aromatic N) is 1. The van der Waals surface area contributed by atoms with E-state index in [0.29, 0.717) is 18.5 Å². The number of hydrogen-bond acceptors (Lipinski definition) is 3. The maximum atomic E-state index is 12.4. The lowest BCUT2D eigenvalue weighted by Crippen LogP contribution is -2.29. The quantitative estimate of drug-likeness (QED) is 0.822. The Morgan fingerprint density at radius 3 is 2.25 bits per heavy atom. The van der Waals surface area contributed by atoms with Crippen LogP contribution in [0.15, 0.2) is 54.6 Å². The van der Waals surface area contributed by atoms with Crippen LogP contribution in [-0.2, 0) is 0 Å². The van der Waals surface area contributed by atoms with E-state index in [1.54, 1.807) is 6.92 Å². The van der Waals surface area contributed by atoms with Gasteiger partial charge in [0.25, 0.3) is 5.91 Å². The number of aliphatic hydroxyl groups is 1. The van der Waals surface area contributed by atoms with Gasteiger partial charge in [0.15, 0.2) is 0 Å². The maximum Gasteiger partial charge on any atom is 0.251 e. The molecule has 2 aromatic carbocycles. The van der Waals surface area contributed by atoms with Crippen LogP contribution in [0.25, 0.3) is 0 Å². The van der Waals surface area contributed by atoms with Gasteiger partial charge in [0.05, 0.1) is 6.10 Å². The normalized spacial score (nSPS) is 13.2. The second-order valence-electron chi connectivity index (χ2n) is 6.34. The molecule has 0 spiro atoms. The van der Waals surface area contributed by atoms with Crippen LogP contribution in [0.5, 0.6) is 0 Å². The molecule has 0 saturated carbocycles. The second kappa shape index (κ2) is 8.50. The Balaban J connectivity index is 2.01. The molecular weight excluding hydrogens is 300 g/mol. The van der Waals surface area contributed by atoms with Crippen LogP contribution in [0, 0.1) is 0 Å². The zero-order valence-electron chi connectivity index (χ0n) is 14.6. The van der Waals surface area contributed by atoms with Crippen LogP contribution in [-0.4, -0.2) is 37.8 Å². The summed E-state index contributed by atoms with van der Waals surface area (Å²) in [6.07, 6.45) is 0.204. The molecule has 2 unspecified atom stereocenters. The molecule has 0 aliphatic rings. The van der Waals surface area contributed by atoms with Crippen molar-refractivity contribution in [1.29, 1.82) is 0 Å². The Labute approximate surface area is 144 Å². The van der Waals surface area contributed by atoms with E-state index in [-0.39, 0.29) is 11.8 Å². The third-order valence-electron chi connectivity index (χ3n) is 4.05. The molecule has 4 heteroatoms. The van der Waals surface area contributed by atoms with E-state index in [2.05, 4.69) is 5.32 Å². The molecule has 128 valence electrons. The standard InChI is InChI=1S/C20H26N2O2/c1-15(23)13-18(16-7-5-4-6-8-16)14-21-20(24)17-9-11-19(12-10-17)22(2)3/h4-12,15,18,23H,13-14H2,1-3H3,(H,21,24). The lowest BCUT2D eigenvalue weighted by atomic mass is 9.93. The van der Waals surface area contributed by atoms with Crippen molar-refractivity contribution in [2.45, 2.75) is 25.4 Å². The number of anilines is 1. The average molecular weight is 326 g/mol. The molecule has 0 fully saturated rings. The zero-order chi connectivity index (χ0) is 17.5. The van der Waals surface area contributed by atoms with Crippen LogP contribution in [0.1, 0.15) is 35.2 Å². The van der Waals surface area contributed by atoms with Gasteiger partial charge in [-0.05, 0) is 43.2 Å². The van der Waals surface area contributed by atoms with E-state index in [1.807, 2.05) is 73.6 Å². The number of carbonyl (C=O) groups excluding carboxylic acids is 1. The molecule has 2 aromatic rings. The Hall–Kier alpha value is -2.33. The van der Waals surface area contributed by atoms with Gasteiger partial charge in [0.1, 0.15) is 0 Å². The summed E-state index contributed by atoms with van der Waals surface area (Å²) in [6.45, 7) is 2.28. The van der Waals surface area contributed by atoms with Crippen molar-refractivity contribution >= 4 is 11.6 Å². The first kappa shape index (κ1) is 18.0. The Bertz CT molecular complexity index is 636. The first-order valence-corrected chi connectivity index (χ1v) is 8.26. The number of rotatable bonds is 7. The summed E-state index contributed by atoms with van der Waals surface area (Å²) in [5.74, 6) is 0.00280. The highest BCUT2D eigenvalue weighted by Gasteiger charge is 2.16. The maximum absolute atomic E-state index is 12.4. The first-order chi connectivity index (χ1) is 11.5. The third-order valence-corrected chi connectivity index (χ3v) is 4.05. The topological polar surface area (TPSA) is 52.6 Å². The molecule has 4 nitrogen and oxygen atoms in total. The van der Waals surface area contributed by atoms with Gasteiger partial charge in [0, 0.05) is 37.8 Å². The number of nitrogens with one attached hydrogen (secondary N) is 1. The van der Waals surface area contributed by atoms with Gasteiger partial charge in [-0.2, -0.15) is 0 Å². The molecule has 0 aromatic heterocycles. The smallest absolute Gasteiger partial charge is 0.251 e. The summed E-state index contributed by atoms with van der Waals surface area (Å²) >= 11 is 0. The van der Waals surface area contributed by atoms with Gasteiger partial charge in [-0.1, -0.05) is 30.3 Å². The zero-order valence-corrected chi connectivity index (χ0v) is 14.6. The van der Waals surface area contributed by atoms with Crippen molar-refractivity contribution in [2.75, 3.05) is 25.5 Å². The molecule has 0 aliphatic carbocycles. The van der Waals surface area contributed by atoms with Crippen molar-refractivity contribution in [1.82, 2.24) is 5.32 Å². The fraction of sp³-hybridized carbons (Fsp3) is 0.350. The Kier molecular flexibility index (Phi) is 6.38. The third kappa shape index (κ3) is 5.10. The summed E-state index contributed by atoms with van der Waals surface area (Å²) in [5.41, 5.74) is 2.83. The van der Waals surface area contributed by atoms with E-state index in [4.69, 9.17) is 0 Å². The summed E-state index contributed by atoms with van der Waals surface area (Å²) in [6, 6.07) is 17.5. The number of hydrogen-bond donors (Lipinski definition) is 2. The van der Waals surface area contributed by atoms with Crippen LogP contribution in [0.3, 0.4) is 0 Å². The lowest BCUT2D eigenvalue weighted by molar-refractivity contribution is 0.0945. The second-order valence-corrected chi connectivity index (χ2v) is 6.34. The summed E-state index contributed by atoms with van der Waals surface area (Å²) in [5, 5.41) is 12.7. The molecule has 2 rings (SSSR count). The summed E-state index contributed by atoms with van der Waals surface area (Å²) in [7, 11) is 3.94. The van der Waals surface area contributed by atoms with Gasteiger partial charge in [-0.25, -0.2) is 0 Å². The molecule has 0 radical (unpaired) electrons. The fourth-order valence-electron chi connectivity index (χ4n) is 2.70. The molecule has 2 atom stereocenters. The van der Waals surface area contributed by atoms with E-state index >= 15 is 0 Å². The van der Waals surface area contributed by atoms with E-state index in [1.165, 1.54) is 0 Å². The first-order valence-electron chi connectivity index (χ1n) is 8.26. The highest BCUT2D eigenvalue weighted by molar-refractivity contribution is 5.94. The van der Waals surface area contributed by atoms with Crippen LogP contribution in [0.2, 0.25) is 0 Å². The number of benzene rings is 2. The van der Waals surface area contributed by atoms with Gasteiger partial charge < -0.3 is 15.3 Å². The van der Waals surface area contributed by atoms with E-state index in [0.717, 1.165) is 11.3 Å². The predicted octanol–water partition coefficient (Wildman–Crippen LogP) is 3.04. The average Bonchev–Trinajstić information content (AvgIpc) is 2.59. The van der Waals surface area contributed by atoms with Crippen LogP contribution >= 0.6 is 0 Å². The van der Waals surface area contributed by atoms with Crippen LogP contribution < -0.4 is 10.2 Å². The number of aliphatic hydroxyl groups excluding tert-OH is 1.